The van der Waals surface area contributed by atoms with Gasteiger partial charge in [0.1, 0.15) is 0 Å². The Labute approximate surface area is 145 Å². The first-order valence-corrected chi connectivity index (χ1v) is 8.83. The monoisotopic (exact) mass is 346 g/mol. The molecule has 128 valence electrons. The molecule has 1 atom stereocenters. The Kier molecular flexibility index (Phi) is 7.45. The van der Waals surface area contributed by atoms with E-state index in [9.17, 15) is 14.7 Å². The van der Waals surface area contributed by atoms with Gasteiger partial charge in [-0.15, -0.1) is 11.3 Å². The molecule has 1 heterocycles. The smallest absolute Gasteiger partial charge is 0.309 e. The van der Waals surface area contributed by atoms with Crippen molar-refractivity contribution in [2.24, 2.45) is 0 Å². The maximum atomic E-state index is 11.8. The lowest BCUT2D eigenvalue weighted by atomic mass is 9.93. The van der Waals surface area contributed by atoms with Crippen LogP contribution in [0.2, 0.25) is 0 Å². The average Bonchev–Trinajstić information content (AvgIpc) is 3.13. The van der Waals surface area contributed by atoms with Crippen molar-refractivity contribution in [1.82, 2.24) is 10.6 Å². The van der Waals surface area contributed by atoms with Gasteiger partial charge in [-0.25, -0.2) is 0 Å². The third kappa shape index (κ3) is 5.79. The minimum Gasteiger partial charge on any atom is -0.396 e. The summed E-state index contributed by atoms with van der Waals surface area (Å²) in [6, 6.07) is 13.7. The molecule has 1 aromatic carbocycles. The third-order valence-corrected chi connectivity index (χ3v) is 4.61. The van der Waals surface area contributed by atoms with Crippen molar-refractivity contribution in [1.29, 1.82) is 0 Å². The van der Waals surface area contributed by atoms with E-state index in [1.165, 1.54) is 11.3 Å². The molecule has 0 radical (unpaired) electrons. The van der Waals surface area contributed by atoms with Crippen molar-refractivity contribution in [3.63, 3.8) is 0 Å². The van der Waals surface area contributed by atoms with Gasteiger partial charge in [0.15, 0.2) is 0 Å². The first-order chi connectivity index (χ1) is 11.7. The highest BCUT2D eigenvalue weighted by Crippen LogP contribution is 2.22. The Hall–Kier alpha value is -2.18. The zero-order valence-electron chi connectivity index (χ0n) is 13.4. The van der Waals surface area contributed by atoms with Gasteiger partial charge < -0.3 is 15.7 Å². The maximum absolute atomic E-state index is 11.8. The Bertz CT molecular complexity index is 629. The van der Waals surface area contributed by atoms with E-state index in [2.05, 4.69) is 10.6 Å². The molecule has 2 rings (SSSR count). The second-order valence-electron chi connectivity index (χ2n) is 5.43. The molecule has 5 nitrogen and oxygen atoms in total. The molecule has 0 aliphatic carbocycles. The highest BCUT2D eigenvalue weighted by molar-refractivity contribution is 7.09. The molecule has 0 saturated carbocycles. The topological polar surface area (TPSA) is 78.4 Å². The molecule has 0 bridgehead atoms. The number of aliphatic hydroxyl groups excluding tert-OH is 1. The van der Waals surface area contributed by atoms with Crippen LogP contribution in [-0.2, 0) is 16.1 Å². The molecule has 6 heteroatoms. The fraction of sp³-hybridized carbons (Fsp3) is 0.333. The quantitative estimate of drug-likeness (QED) is 0.640. The lowest BCUT2D eigenvalue weighted by Crippen LogP contribution is -2.40. The standard InChI is InChI=1S/C18H22N2O3S/c21-11-9-15(14-5-2-1-3-6-14)8-10-19-17(22)18(23)20-13-16-7-4-12-24-16/h1-7,12,15,21H,8-11,13H2,(H,19,22)(H,20,23). The highest BCUT2D eigenvalue weighted by Gasteiger charge is 2.15. The van der Waals surface area contributed by atoms with E-state index in [1.54, 1.807) is 0 Å². The van der Waals surface area contributed by atoms with Crippen LogP contribution in [0.15, 0.2) is 47.8 Å². The predicted octanol–water partition coefficient (Wildman–Crippen LogP) is 2.04. The molecule has 0 spiro atoms. The second kappa shape index (κ2) is 9.85. The fourth-order valence-corrected chi connectivity index (χ4v) is 3.10. The molecule has 1 aromatic heterocycles. The van der Waals surface area contributed by atoms with Gasteiger partial charge in [0.25, 0.3) is 0 Å². The molecule has 0 saturated heterocycles. The summed E-state index contributed by atoms with van der Waals surface area (Å²) in [6.45, 7) is 0.848. The average molecular weight is 346 g/mol. The first kappa shape index (κ1) is 18.2. The van der Waals surface area contributed by atoms with Crippen molar-refractivity contribution in [3.05, 3.63) is 58.3 Å². The van der Waals surface area contributed by atoms with Gasteiger partial charge in [0.05, 0.1) is 6.54 Å². The van der Waals surface area contributed by atoms with Gasteiger partial charge in [0, 0.05) is 18.0 Å². The molecule has 2 amide bonds. The van der Waals surface area contributed by atoms with Crippen LogP contribution < -0.4 is 10.6 Å². The van der Waals surface area contributed by atoms with E-state index >= 15 is 0 Å². The van der Waals surface area contributed by atoms with Gasteiger partial charge in [0.2, 0.25) is 0 Å². The Balaban J connectivity index is 1.74. The summed E-state index contributed by atoms with van der Waals surface area (Å²) in [5, 5.41) is 16.4. The Morgan fingerprint density at radius 2 is 1.75 bits per heavy atom. The van der Waals surface area contributed by atoms with Gasteiger partial charge in [-0.05, 0) is 35.8 Å². The van der Waals surface area contributed by atoms with Crippen LogP contribution in [0, 0.1) is 0 Å². The van der Waals surface area contributed by atoms with Gasteiger partial charge in [-0.1, -0.05) is 36.4 Å². The van der Waals surface area contributed by atoms with E-state index < -0.39 is 11.8 Å². The van der Waals surface area contributed by atoms with E-state index in [4.69, 9.17) is 0 Å². The lowest BCUT2D eigenvalue weighted by Gasteiger charge is -2.16. The molecule has 3 N–H and O–H groups in total. The number of benzene rings is 1. The lowest BCUT2D eigenvalue weighted by molar-refractivity contribution is -0.139. The largest absolute Gasteiger partial charge is 0.396 e. The number of aliphatic hydroxyl groups is 1. The fourth-order valence-electron chi connectivity index (χ4n) is 2.46. The van der Waals surface area contributed by atoms with Gasteiger partial charge >= 0.3 is 11.8 Å². The molecule has 24 heavy (non-hydrogen) atoms. The van der Waals surface area contributed by atoms with Crippen molar-refractivity contribution < 1.29 is 14.7 Å². The summed E-state index contributed by atoms with van der Waals surface area (Å²) < 4.78 is 0. The maximum Gasteiger partial charge on any atom is 0.309 e. The minimum absolute atomic E-state index is 0.0921. The number of hydrogen-bond acceptors (Lipinski definition) is 4. The van der Waals surface area contributed by atoms with E-state index in [1.807, 2.05) is 47.8 Å². The van der Waals surface area contributed by atoms with Crippen molar-refractivity contribution in [2.75, 3.05) is 13.2 Å². The highest BCUT2D eigenvalue weighted by atomic mass is 32.1. The van der Waals surface area contributed by atoms with Crippen LogP contribution in [0.5, 0.6) is 0 Å². The number of hydrogen-bond donors (Lipinski definition) is 3. The van der Waals surface area contributed by atoms with E-state index in [0.717, 1.165) is 10.4 Å². The summed E-state index contributed by atoms with van der Waals surface area (Å²) in [4.78, 5) is 24.6. The van der Waals surface area contributed by atoms with Crippen LogP contribution in [0.4, 0.5) is 0 Å². The summed E-state index contributed by atoms with van der Waals surface area (Å²) in [5.41, 5.74) is 1.13. The molecule has 1 unspecified atom stereocenters. The third-order valence-electron chi connectivity index (χ3n) is 3.74. The molecule has 0 fully saturated rings. The number of thiophene rings is 1. The molecule has 2 aromatic rings. The zero-order chi connectivity index (χ0) is 17.2. The van der Waals surface area contributed by atoms with Crippen LogP contribution in [0.3, 0.4) is 0 Å². The first-order valence-electron chi connectivity index (χ1n) is 7.95. The van der Waals surface area contributed by atoms with Gasteiger partial charge in [-0.3, -0.25) is 9.59 Å². The van der Waals surface area contributed by atoms with Crippen LogP contribution >= 0.6 is 11.3 Å². The Morgan fingerprint density at radius 1 is 1.00 bits per heavy atom. The van der Waals surface area contributed by atoms with E-state index in [-0.39, 0.29) is 12.5 Å². The van der Waals surface area contributed by atoms with Crippen LogP contribution in [0.1, 0.15) is 29.2 Å². The minimum atomic E-state index is -0.623. The van der Waals surface area contributed by atoms with Crippen molar-refractivity contribution in [3.8, 4) is 0 Å². The summed E-state index contributed by atoms with van der Waals surface area (Å²) in [7, 11) is 0. The number of carbonyl (C=O) groups excluding carboxylic acids is 2. The Morgan fingerprint density at radius 3 is 2.42 bits per heavy atom. The molecular weight excluding hydrogens is 324 g/mol. The second-order valence-corrected chi connectivity index (χ2v) is 6.46. The number of nitrogens with one attached hydrogen (secondary N) is 2. The number of amides is 2. The summed E-state index contributed by atoms with van der Waals surface area (Å²) >= 11 is 1.53. The van der Waals surface area contributed by atoms with Gasteiger partial charge in [-0.2, -0.15) is 0 Å². The van der Waals surface area contributed by atoms with Crippen LogP contribution in [-0.4, -0.2) is 30.1 Å². The van der Waals surface area contributed by atoms with Crippen LogP contribution in [0.25, 0.3) is 0 Å². The normalized spacial score (nSPS) is 11.7. The molecule has 0 aliphatic rings. The van der Waals surface area contributed by atoms with E-state index in [0.29, 0.717) is 25.9 Å². The number of rotatable bonds is 8. The summed E-state index contributed by atoms with van der Waals surface area (Å²) in [6.07, 6.45) is 1.30. The zero-order valence-corrected chi connectivity index (χ0v) is 14.2. The van der Waals surface area contributed by atoms with Crippen molar-refractivity contribution >= 4 is 23.2 Å². The summed E-state index contributed by atoms with van der Waals surface area (Å²) in [5.74, 6) is -1.09. The predicted molar refractivity (Wildman–Crippen MR) is 94.7 cm³/mol. The number of carbonyl (C=O) groups is 2. The SMILES string of the molecule is O=C(NCCC(CCO)c1ccccc1)C(=O)NCc1cccs1. The molecule has 0 aliphatic heterocycles. The van der Waals surface area contributed by atoms with Crippen molar-refractivity contribution in [2.45, 2.75) is 25.3 Å². The molecular formula is C18H22N2O3S.